The summed E-state index contributed by atoms with van der Waals surface area (Å²) in [4.78, 5) is 18.1. The second kappa shape index (κ2) is 6.99. The van der Waals surface area contributed by atoms with Gasteiger partial charge in [-0.05, 0) is 20.8 Å². The molecule has 0 bridgehead atoms. The summed E-state index contributed by atoms with van der Waals surface area (Å²) in [5.74, 6) is 0.982. The molecular formula is C12H18N6OS. The van der Waals surface area contributed by atoms with Gasteiger partial charge in [0.15, 0.2) is 0 Å². The SMILES string of the molecule is CCNc1nc(NCc2ncc(C)s2)nc(OCC)n1. The molecule has 8 heteroatoms. The lowest BCUT2D eigenvalue weighted by atomic mass is 10.6. The molecule has 0 saturated heterocycles. The van der Waals surface area contributed by atoms with Crippen LogP contribution < -0.4 is 15.4 Å². The molecule has 0 unspecified atom stereocenters. The minimum atomic E-state index is 0.316. The molecule has 2 aromatic heterocycles. The van der Waals surface area contributed by atoms with Crippen molar-refractivity contribution in [2.45, 2.75) is 27.3 Å². The Balaban J connectivity index is 2.08. The van der Waals surface area contributed by atoms with Crippen molar-refractivity contribution in [3.05, 3.63) is 16.1 Å². The van der Waals surface area contributed by atoms with Crippen LogP contribution in [0.3, 0.4) is 0 Å². The zero-order valence-electron chi connectivity index (χ0n) is 11.8. The van der Waals surface area contributed by atoms with Crippen molar-refractivity contribution < 1.29 is 4.74 Å². The van der Waals surface area contributed by atoms with E-state index < -0.39 is 0 Å². The van der Waals surface area contributed by atoms with E-state index in [9.17, 15) is 0 Å². The van der Waals surface area contributed by atoms with Gasteiger partial charge in [-0.2, -0.15) is 15.0 Å². The van der Waals surface area contributed by atoms with Crippen LogP contribution in [0.1, 0.15) is 23.7 Å². The van der Waals surface area contributed by atoms with E-state index in [4.69, 9.17) is 4.74 Å². The molecule has 0 aliphatic rings. The zero-order chi connectivity index (χ0) is 14.4. The lowest BCUT2D eigenvalue weighted by Gasteiger charge is -2.08. The first-order chi connectivity index (χ1) is 9.71. The van der Waals surface area contributed by atoms with Gasteiger partial charge in [0.1, 0.15) is 5.01 Å². The van der Waals surface area contributed by atoms with Crippen molar-refractivity contribution in [2.75, 3.05) is 23.8 Å². The highest BCUT2D eigenvalue weighted by Crippen LogP contribution is 2.15. The standard InChI is InChI=1S/C12H18N6OS/c1-4-13-10-16-11(18-12(17-10)19-5-2)15-7-9-14-6-8(3)20-9/h6H,4-5,7H2,1-3H3,(H2,13,15,16,17,18). The molecule has 0 aromatic carbocycles. The molecule has 2 rings (SSSR count). The summed E-state index contributed by atoms with van der Waals surface area (Å²) in [6.07, 6.45) is 1.85. The number of aromatic nitrogens is 4. The lowest BCUT2D eigenvalue weighted by Crippen LogP contribution is -2.10. The van der Waals surface area contributed by atoms with E-state index in [-0.39, 0.29) is 0 Å². The smallest absolute Gasteiger partial charge is 0.323 e. The molecule has 0 radical (unpaired) electrons. The number of hydrogen-bond acceptors (Lipinski definition) is 8. The number of nitrogens with zero attached hydrogens (tertiary/aromatic N) is 4. The number of ether oxygens (including phenoxy) is 1. The van der Waals surface area contributed by atoms with E-state index in [0.29, 0.717) is 31.1 Å². The molecule has 0 fully saturated rings. The van der Waals surface area contributed by atoms with E-state index in [1.54, 1.807) is 11.3 Å². The molecule has 2 heterocycles. The highest BCUT2D eigenvalue weighted by molar-refractivity contribution is 7.11. The van der Waals surface area contributed by atoms with Crippen LogP contribution >= 0.6 is 11.3 Å². The molecule has 0 aliphatic carbocycles. The fourth-order valence-corrected chi connectivity index (χ4v) is 2.23. The third kappa shape index (κ3) is 4.02. The number of rotatable bonds is 7. The Morgan fingerprint density at radius 3 is 2.50 bits per heavy atom. The van der Waals surface area contributed by atoms with Gasteiger partial charge in [-0.1, -0.05) is 0 Å². The Labute approximate surface area is 121 Å². The van der Waals surface area contributed by atoms with Crippen molar-refractivity contribution in [1.82, 2.24) is 19.9 Å². The van der Waals surface area contributed by atoms with Crippen LogP contribution in [0.2, 0.25) is 0 Å². The van der Waals surface area contributed by atoms with Gasteiger partial charge in [0.25, 0.3) is 0 Å². The van der Waals surface area contributed by atoms with E-state index in [0.717, 1.165) is 11.6 Å². The second-order valence-corrected chi connectivity index (χ2v) is 5.27. The predicted octanol–water partition coefficient (Wildman–Crippen LogP) is 2.08. The number of aryl methyl sites for hydroxylation is 1. The number of anilines is 2. The van der Waals surface area contributed by atoms with Gasteiger partial charge in [-0.25, -0.2) is 4.98 Å². The zero-order valence-corrected chi connectivity index (χ0v) is 12.6. The monoisotopic (exact) mass is 294 g/mol. The van der Waals surface area contributed by atoms with Gasteiger partial charge in [-0.3, -0.25) is 0 Å². The van der Waals surface area contributed by atoms with Crippen molar-refractivity contribution in [2.24, 2.45) is 0 Å². The third-order valence-electron chi connectivity index (χ3n) is 2.29. The van der Waals surface area contributed by atoms with Crippen LogP contribution in [0.25, 0.3) is 0 Å². The summed E-state index contributed by atoms with van der Waals surface area (Å²) in [7, 11) is 0. The Bertz CT molecular complexity index is 534. The molecule has 2 aromatic rings. The first kappa shape index (κ1) is 14.4. The average molecular weight is 294 g/mol. The Hall–Kier alpha value is -1.96. The van der Waals surface area contributed by atoms with Crippen molar-refractivity contribution in [3.63, 3.8) is 0 Å². The maximum absolute atomic E-state index is 5.33. The molecule has 0 saturated carbocycles. The average Bonchev–Trinajstić information content (AvgIpc) is 2.83. The molecule has 0 amide bonds. The highest BCUT2D eigenvalue weighted by atomic mass is 32.1. The van der Waals surface area contributed by atoms with Crippen LogP contribution in [0.4, 0.5) is 11.9 Å². The summed E-state index contributed by atoms with van der Waals surface area (Å²) in [6, 6.07) is 0.316. The Morgan fingerprint density at radius 2 is 1.90 bits per heavy atom. The van der Waals surface area contributed by atoms with Crippen molar-refractivity contribution in [1.29, 1.82) is 0 Å². The fraction of sp³-hybridized carbons (Fsp3) is 0.500. The minimum absolute atomic E-state index is 0.316. The topological polar surface area (TPSA) is 84.9 Å². The summed E-state index contributed by atoms with van der Waals surface area (Å²) >= 11 is 1.64. The van der Waals surface area contributed by atoms with Crippen LogP contribution in [0.15, 0.2) is 6.20 Å². The van der Waals surface area contributed by atoms with Crippen LogP contribution in [0.5, 0.6) is 6.01 Å². The Morgan fingerprint density at radius 1 is 1.15 bits per heavy atom. The summed E-state index contributed by atoms with van der Waals surface area (Å²) < 4.78 is 5.33. The summed E-state index contributed by atoms with van der Waals surface area (Å²) in [5, 5.41) is 7.18. The first-order valence-electron chi connectivity index (χ1n) is 6.49. The molecule has 0 aliphatic heterocycles. The van der Waals surface area contributed by atoms with Gasteiger partial charge in [0.2, 0.25) is 11.9 Å². The summed E-state index contributed by atoms with van der Waals surface area (Å²) in [6.45, 7) is 7.74. The van der Waals surface area contributed by atoms with E-state index >= 15 is 0 Å². The molecule has 108 valence electrons. The van der Waals surface area contributed by atoms with E-state index in [1.807, 2.05) is 27.0 Å². The van der Waals surface area contributed by atoms with Gasteiger partial charge in [-0.15, -0.1) is 11.3 Å². The van der Waals surface area contributed by atoms with Gasteiger partial charge >= 0.3 is 6.01 Å². The molecule has 0 atom stereocenters. The maximum Gasteiger partial charge on any atom is 0.323 e. The Kier molecular flexibility index (Phi) is 5.05. The van der Waals surface area contributed by atoms with Gasteiger partial charge in [0, 0.05) is 17.6 Å². The molecule has 2 N–H and O–H groups in total. The quantitative estimate of drug-likeness (QED) is 0.808. The second-order valence-electron chi connectivity index (χ2n) is 3.95. The predicted molar refractivity (Wildman–Crippen MR) is 79.3 cm³/mol. The fourth-order valence-electron chi connectivity index (χ4n) is 1.50. The number of nitrogens with one attached hydrogen (secondary N) is 2. The minimum Gasteiger partial charge on any atom is -0.464 e. The lowest BCUT2D eigenvalue weighted by molar-refractivity contribution is 0.312. The number of hydrogen-bond donors (Lipinski definition) is 2. The first-order valence-corrected chi connectivity index (χ1v) is 7.30. The molecule has 20 heavy (non-hydrogen) atoms. The van der Waals surface area contributed by atoms with Gasteiger partial charge in [0.05, 0.1) is 13.2 Å². The van der Waals surface area contributed by atoms with Crippen LogP contribution in [0, 0.1) is 6.92 Å². The largest absolute Gasteiger partial charge is 0.464 e. The van der Waals surface area contributed by atoms with Gasteiger partial charge < -0.3 is 15.4 Å². The normalized spacial score (nSPS) is 10.3. The maximum atomic E-state index is 5.33. The molecule has 7 nitrogen and oxygen atoms in total. The van der Waals surface area contributed by atoms with Crippen molar-refractivity contribution in [3.8, 4) is 6.01 Å². The summed E-state index contributed by atoms with van der Waals surface area (Å²) in [5.41, 5.74) is 0. The third-order valence-corrected chi connectivity index (χ3v) is 3.20. The van der Waals surface area contributed by atoms with E-state index in [1.165, 1.54) is 4.88 Å². The van der Waals surface area contributed by atoms with Crippen LogP contribution in [-0.2, 0) is 6.54 Å². The number of thiazole rings is 1. The van der Waals surface area contributed by atoms with Crippen LogP contribution in [-0.4, -0.2) is 33.1 Å². The molecule has 0 spiro atoms. The molecular weight excluding hydrogens is 276 g/mol. The highest BCUT2D eigenvalue weighted by Gasteiger charge is 2.07. The van der Waals surface area contributed by atoms with Crippen molar-refractivity contribution >= 4 is 23.2 Å². The van der Waals surface area contributed by atoms with E-state index in [2.05, 4.69) is 30.6 Å².